The zero-order valence-electron chi connectivity index (χ0n) is 10.3. The lowest BCUT2D eigenvalue weighted by molar-refractivity contribution is -0.162. The average molecular weight is 242 g/mol. The van der Waals surface area contributed by atoms with E-state index >= 15 is 0 Å². The van der Waals surface area contributed by atoms with Crippen molar-refractivity contribution in [1.82, 2.24) is 10.0 Å². The van der Waals surface area contributed by atoms with Gasteiger partial charge in [-0.15, -0.1) is 0 Å². The minimum Gasteiger partial charge on any atom is -0.274 e. The van der Waals surface area contributed by atoms with Crippen molar-refractivity contribution < 1.29 is 9.63 Å². The Morgan fingerprint density at radius 3 is 2.94 bits per heavy atom. The first kappa shape index (κ1) is 12.3. The Morgan fingerprint density at radius 2 is 2.17 bits per heavy atom. The van der Waals surface area contributed by atoms with Gasteiger partial charge in [0, 0.05) is 24.7 Å². The molecule has 92 valence electrons. The molecule has 1 aromatic heterocycles. The molecule has 2 aromatic rings. The van der Waals surface area contributed by atoms with E-state index in [-0.39, 0.29) is 5.91 Å². The molecule has 0 N–H and O–H groups in total. The molecule has 0 radical (unpaired) electrons. The third-order valence-corrected chi connectivity index (χ3v) is 2.61. The summed E-state index contributed by atoms with van der Waals surface area (Å²) in [5.41, 5.74) is 1.82. The summed E-state index contributed by atoms with van der Waals surface area (Å²) in [6.07, 6.45) is 4.91. The zero-order chi connectivity index (χ0) is 13.0. The fourth-order valence-corrected chi connectivity index (χ4v) is 1.54. The summed E-state index contributed by atoms with van der Waals surface area (Å²) < 4.78 is 0. The normalized spacial score (nSPS) is 11.0. The van der Waals surface area contributed by atoms with Gasteiger partial charge in [-0.2, -0.15) is 0 Å². The molecule has 0 saturated carbocycles. The lowest BCUT2D eigenvalue weighted by Gasteiger charge is -2.09. The van der Waals surface area contributed by atoms with E-state index in [2.05, 4.69) is 4.98 Å². The van der Waals surface area contributed by atoms with Crippen molar-refractivity contribution in [3.63, 3.8) is 0 Å². The van der Waals surface area contributed by atoms with Crippen LogP contribution in [0.4, 0.5) is 0 Å². The van der Waals surface area contributed by atoms with Gasteiger partial charge in [0.25, 0.3) is 5.91 Å². The van der Waals surface area contributed by atoms with Crippen LogP contribution in [0.5, 0.6) is 0 Å². The van der Waals surface area contributed by atoms with Crippen molar-refractivity contribution in [3.8, 4) is 0 Å². The summed E-state index contributed by atoms with van der Waals surface area (Å²) in [6.45, 7) is 0. The Hall–Kier alpha value is -2.20. The van der Waals surface area contributed by atoms with E-state index in [0.717, 1.165) is 21.5 Å². The number of fused-ring (bicyclic) bond motifs is 1. The standard InChI is InChI=1S/C14H14N2O2/c1-16(18-2)14(17)8-7-11-9-12-5-3-4-6-13(12)15-10-11/h3-10H,1-2H3/b8-7+. The molecule has 0 bridgehead atoms. The number of pyridine rings is 1. The van der Waals surface area contributed by atoms with E-state index in [1.165, 1.54) is 13.2 Å². The molecule has 18 heavy (non-hydrogen) atoms. The first-order valence-electron chi connectivity index (χ1n) is 5.55. The smallest absolute Gasteiger partial charge is 0.269 e. The van der Waals surface area contributed by atoms with Crippen molar-refractivity contribution in [3.05, 3.63) is 48.2 Å². The Bertz CT molecular complexity index is 593. The molecule has 4 nitrogen and oxygen atoms in total. The van der Waals surface area contributed by atoms with E-state index in [9.17, 15) is 4.79 Å². The molecule has 0 saturated heterocycles. The molecule has 0 fully saturated rings. The number of rotatable bonds is 3. The molecular formula is C14H14N2O2. The third-order valence-electron chi connectivity index (χ3n) is 2.61. The van der Waals surface area contributed by atoms with Gasteiger partial charge in [-0.1, -0.05) is 18.2 Å². The second kappa shape index (κ2) is 5.42. The van der Waals surface area contributed by atoms with E-state index < -0.39 is 0 Å². The highest BCUT2D eigenvalue weighted by molar-refractivity contribution is 5.91. The lowest BCUT2D eigenvalue weighted by Crippen LogP contribution is -2.22. The minimum absolute atomic E-state index is 0.217. The number of hydrogen-bond donors (Lipinski definition) is 0. The monoisotopic (exact) mass is 242 g/mol. The van der Waals surface area contributed by atoms with Crippen LogP contribution in [0.25, 0.3) is 17.0 Å². The Morgan fingerprint density at radius 1 is 1.39 bits per heavy atom. The summed E-state index contributed by atoms with van der Waals surface area (Å²) in [4.78, 5) is 20.6. The summed E-state index contributed by atoms with van der Waals surface area (Å²) in [7, 11) is 3.01. The van der Waals surface area contributed by atoms with Gasteiger partial charge in [0.2, 0.25) is 0 Å². The maximum atomic E-state index is 11.5. The highest BCUT2D eigenvalue weighted by Gasteiger charge is 2.02. The first-order chi connectivity index (χ1) is 8.70. The number of hydroxylamine groups is 2. The third kappa shape index (κ3) is 2.73. The minimum atomic E-state index is -0.217. The molecule has 0 aliphatic rings. The van der Waals surface area contributed by atoms with Crippen LogP contribution >= 0.6 is 0 Å². The predicted octanol–water partition coefficient (Wildman–Crippen LogP) is 2.27. The molecular weight excluding hydrogens is 228 g/mol. The zero-order valence-corrected chi connectivity index (χ0v) is 10.3. The second-order valence-electron chi connectivity index (χ2n) is 3.81. The van der Waals surface area contributed by atoms with Gasteiger partial charge in [-0.25, -0.2) is 5.06 Å². The van der Waals surface area contributed by atoms with Crippen molar-refractivity contribution in [2.75, 3.05) is 14.2 Å². The molecule has 0 spiro atoms. The van der Waals surface area contributed by atoms with Gasteiger partial charge in [0.15, 0.2) is 0 Å². The molecule has 1 amide bonds. The van der Waals surface area contributed by atoms with Crippen LogP contribution in [0, 0.1) is 0 Å². The van der Waals surface area contributed by atoms with E-state index in [0.29, 0.717) is 0 Å². The van der Waals surface area contributed by atoms with Crippen LogP contribution in [0.2, 0.25) is 0 Å². The van der Waals surface area contributed by atoms with Crippen molar-refractivity contribution in [2.45, 2.75) is 0 Å². The second-order valence-corrected chi connectivity index (χ2v) is 3.81. The van der Waals surface area contributed by atoms with Crippen LogP contribution in [0.3, 0.4) is 0 Å². The Kier molecular flexibility index (Phi) is 3.69. The number of carbonyl (C=O) groups is 1. The van der Waals surface area contributed by atoms with Gasteiger partial charge < -0.3 is 0 Å². The molecule has 2 rings (SSSR count). The summed E-state index contributed by atoms with van der Waals surface area (Å²) in [5.74, 6) is -0.217. The number of aromatic nitrogens is 1. The predicted molar refractivity (Wildman–Crippen MR) is 70.6 cm³/mol. The van der Waals surface area contributed by atoms with Crippen LogP contribution in [0.1, 0.15) is 5.56 Å². The summed E-state index contributed by atoms with van der Waals surface area (Å²) in [5, 5.41) is 2.21. The average Bonchev–Trinajstić information content (AvgIpc) is 2.43. The summed E-state index contributed by atoms with van der Waals surface area (Å²) in [6, 6.07) is 9.83. The number of amides is 1. The highest BCUT2D eigenvalue weighted by Crippen LogP contribution is 2.13. The van der Waals surface area contributed by atoms with Crippen molar-refractivity contribution in [2.24, 2.45) is 0 Å². The molecule has 0 aliphatic carbocycles. The van der Waals surface area contributed by atoms with Gasteiger partial charge in [0.1, 0.15) is 0 Å². The fraction of sp³-hybridized carbons (Fsp3) is 0.143. The van der Waals surface area contributed by atoms with E-state index in [1.54, 1.807) is 19.3 Å². The first-order valence-corrected chi connectivity index (χ1v) is 5.55. The molecule has 1 heterocycles. The van der Waals surface area contributed by atoms with Crippen molar-refractivity contribution in [1.29, 1.82) is 0 Å². The topological polar surface area (TPSA) is 42.4 Å². The van der Waals surface area contributed by atoms with Crippen molar-refractivity contribution >= 4 is 22.9 Å². The van der Waals surface area contributed by atoms with Gasteiger partial charge in [-0.05, 0) is 23.8 Å². The van der Waals surface area contributed by atoms with Gasteiger partial charge in [0.05, 0.1) is 12.6 Å². The fourth-order valence-electron chi connectivity index (χ4n) is 1.54. The Labute approximate surface area is 105 Å². The molecule has 4 heteroatoms. The van der Waals surface area contributed by atoms with Crippen LogP contribution < -0.4 is 0 Å². The quantitative estimate of drug-likeness (QED) is 0.612. The van der Waals surface area contributed by atoms with Crippen LogP contribution in [-0.4, -0.2) is 30.1 Å². The molecule has 0 atom stereocenters. The Balaban J connectivity index is 2.22. The van der Waals surface area contributed by atoms with Gasteiger partial charge in [-0.3, -0.25) is 14.6 Å². The largest absolute Gasteiger partial charge is 0.274 e. The maximum Gasteiger partial charge on any atom is 0.269 e. The number of para-hydroxylation sites is 1. The lowest BCUT2D eigenvalue weighted by atomic mass is 10.1. The van der Waals surface area contributed by atoms with Crippen LogP contribution in [0.15, 0.2) is 42.6 Å². The number of hydrogen-bond acceptors (Lipinski definition) is 3. The molecule has 1 aromatic carbocycles. The maximum absolute atomic E-state index is 11.5. The number of likely N-dealkylation sites (N-methyl/N-ethyl adjacent to an activating group) is 1. The van der Waals surface area contributed by atoms with E-state index in [4.69, 9.17) is 4.84 Å². The molecule has 0 unspecified atom stereocenters. The number of nitrogens with zero attached hydrogens (tertiary/aromatic N) is 2. The number of carbonyl (C=O) groups excluding carboxylic acids is 1. The SMILES string of the molecule is CON(C)C(=O)/C=C/c1cnc2ccccc2c1. The van der Waals surface area contributed by atoms with Crippen LogP contribution in [-0.2, 0) is 9.63 Å². The highest BCUT2D eigenvalue weighted by atomic mass is 16.7. The summed E-state index contributed by atoms with van der Waals surface area (Å²) >= 11 is 0. The molecule has 0 aliphatic heterocycles. The van der Waals surface area contributed by atoms with E-state index in [1.807, 2.05) is 30.3 Å². The number of benzene rings is 1. The van der Waals surface area contributed by atoms with Gasteiger partial charge >= 0.3 is 0 Å².